The third kappa shape index (κ3) is 6.19. The zero-order valence-corrected chi connectivity index (χ0v) is 21.4. The van der Waals surface area contributed by atoms with Crippen LogP contribution in [0.3, 0.4) is 0 Å². The maximum absolute atomic E-state index is 13.6. The summed E-state index contributed by atoms with van der Waals surface area (Å²) in [6, 6.07) is 29.9. The number of ketones is 1. The Morgan fingerprint density at radius 1 is 0.676 bits per heavy atom. The first-order valence-electron chi connectivity index (χ1n) is 11.8. The van der Waals surface area contributed by atoms with Gasteiger partial charge in [0.05, 0.1) is 10.9 Å². The van der Waals surface area contributed by atoms with Gasteiger partial charge in [0, 0.05) is 21.3 Å². The van der Waals surface area contributed by atoms with Crippen molar-refractivity contribution >= 4 is 28.4 Å². The molecule has 37 heavy (non-hydrogen) atoms. The molecule has 0 fully saturated rings. The van der Waals surface area contributed by atoms with E-state index in [1.807, 2.05) is 60.7 Å². The summed E-state index contributed by atoms with van der Waals surface area (Å²) in [5.74, 6) is -0.567. The molecule has 1 aliphatic carbocycles. The number of carbonyl (C=O) groups is 1. The summed E-state index contributed by atoms with van der Waals surface area (Å²) < 4.78 is 27.2. The third-order valence-electron chi connectivity index (χ3n) is 5.77. The predicted octanol–water partition coefficient (Wildman–Crippen LogP) is 8.40. The van der Waals surface area contributed by atoms with E-state index in [-0.39, 0.29) is 22.7 Å². The molecule has 0 amide bonds. The zero-order chi connectivity index (χ0) is 25.6. The van der Waals surface area contributed by atoms with Crippen LogP contribution in [0, 0.1) is 11.6 Å². The van der Waals surface area contributed by atoms with Gasteiger partial charge in [-0.25, -0.2) is 8.78 Å². The lowest BCUT2D eigenvalue weighted by Gasteiger charge is -2.09. The summed E-state index contributed by atoms with van der Waals surface area (Å²) in [7, 11) is -0.510. The van der Waals surface area contributed by atoms with Crippen LogP contribution < -0.4 is 0 Å². The maximum Gasteiger partial charge on any atom is 0.193 e. The second-order valence-electron chi connectivity index (χ2n) is 8.33. The second-order valence-corrected chi connectivity index (χ2v) is 11.6. The Labute approximate surface area is 222 Å². The molecular weight excluding hydrogens is 502 g/mol. The summed E-state index contributed by atoms with van der Waals surface area (Å²) in [5, 5.41) is 0.0938. The molecule has 0 aromatic heterocycles. The molecule has 0 N–H and O–H groups in total. The van der Waals surface area contributed by atoms with Crippen LogP contribution in [0.4, 0.5) is 8.78 Å². The van der Waals surface area contributed by atoms with E-state index in [1.165, 1.54) is 24.3 Å². The molecule has 0 aliphatic heterocycles. The average molecular weight is 526 g/mol. The molecule has 1 unspecified atom stereocenters. The molecule has 0 saturated heterocycles. The molecule has 5 rings (SSSR count). The van der Waals surface area contributed by atoms with Crippen molar-refractivity contribution in [3.63, 3.8) is 0 Å². The third-order valence-corrected chi connectivity index (χ3v) is 9.13. The second kappa shape index (κ2) is 11.6. The highest BCUT2D eigenvalue weighted by Gasteiger charge is 2.30. The number of hydrogen-bond donors (Lipinski definition) is 0. The van der Waals surface area contributed by atoms with Gasteiger partial charge in [0.2, 0.25) is 0 Å². The zero-order valence-electron chi connectivity index (χ0n) is 19.8. The van der Waals surface area contributed by atoms with Crippen molar-refractivity contribution in [2.75, 3.05) is 0 Å². The van der Waals surface area contributed by atoms with Crippen molar-refractivity contribution in [2.24, 2.45) is 0 Å². The molecule has 0 bridgehead atoms. The lowest BCUT2D eigenvalue weighted by atomic mass is 10.0. The van der Waals surface area contributed by atoms with E-state index >= 15 is 0 Å². The first-order chi connectivity index (χ1) is 18.1. The minimum absolute atomic E-state index is 0.00821. The van der Waals surface area contributed by atoms with Gasteiger partial charge in [0.1, 0.15) is 11.6 Å². The van der Waals surface area contributed by atoms with Crippen LogP contribution >= 0.6 is 11.8 Å². The summed E-state index contributed by atoms with van der Waals surface area (Å²) in [6.45, 7) is 0. The van der Waals surface area contributed by atoms with Crippen LogP contribution in [0.5, 0.6) is 0 Å². The molecule has 0 heterocycles. The van der Waals surface area contributed by atoms with E-state index in [0.29, 0.717) is 11.1 Å². The quantitative estimate of drug-likeness (QED) is 0.178. The van der Waals surface area contributed by atoms with Crippen molar-refractivity contribution < 1.29 is 13.6 Å². The summed E-state index contributed by atoms with van der Waals surface area (Å²) in [5.41, 5.74) is 1.34. The molecule has 0 radical (unpaired) electrons. The van der Waals surface area contributed by atoms with E-state index in [0.717, 1.165) is 19.6 Å². The van der Waals surface area contributed by atoms with Crippen molar-refractivity contribution in [3.8, 4) is 0 Å². The highest BCUT2D eigenvalue weighted by molar-refractivity contribution is 8.01. The van der Waals surface area contributed by atoms with E-state index in [9.17, 15) is 13.6 Å². The molecule has 1 atom stereocenters. The molecule has 182 valence electrons. The van der Waals surface area contributed by atoms with Gasteiger partial charge >= 0.3 is 0 Å². The fraction of sp³-hybridized carbons (Fsp3) is 0.0312. The van der Waals surface area contributed by atoms with Crippen LogP contribution in [0.1, 0.15) is 15.9 Å². The van der Waals surface area contributed by atoms with Gasteiger partial charge in [-0.15, -0.1) is 11.8 Å². The Bertz CT molecular complexity index is 1410. The van der Waals surface area contributed by atoms with Gasteiger partial charge in [-0.2, -0.15) is 0 Å². The van der Waals surface area contributed by atoms with E-state index in [2.05, 4.69) is 24.3 Å². The first kappa shape index (κ1) is 25.0. The number of carbonyl (C=O) groups excluding carboxylic acids is 1. The van der Waals surface area contributed by atoms with Crippen LogP contribution in [0.15, 0.2) is 153 Å². The average Bonchev–Trinajstić information content (AvgIpc) is 3.17. The maximum atomic E-state index is 13.6. The molecule has 4 aromatic rings. The minimum Gasteiger partial charge on any atom is -0.289 e. The van der Waals surface area contributed by atoms with Gasteiger partial charge in [-0.3, -0.25) is 4.79 Å². The summed E-state index contributed by atoms with van der Waals surface area (Å²) >= 11 is 1.69. The largest absolute Gasteiger partial charge is 0.289 e. The molecule has 1 aliphatic rings. The molecule has 1 nitrogen and oxygen atoms in total. The Hall–Kier alpha value is -3.67. The number of thioether (sulfide) groups is 1. The fourth-order valence-corrected chi connectivity index (χ4v) is 6.93. The normalized spacial score (nSPS) is 14.9. The minimum atomic E-state index is -0.510. The van der Waals surface area contributed by atoms with Crippen LogP contribution in [-0.4, -0.2) is 11.0 Å². The SMILES string of the molecule is O=C(c1ccccc1)c1ccc(SC2C=CC=C([S+](c3ccc(F)cc3)c3ccc(F)cc3)C=C2)cc1. The molecule has 0 spiro atoms. The number of rotatable bonds is 7. The highest BCUT2D eigenvalue weighted by atomic mass is 32.2. The number of halogens is 2. The standard InChI is InChI=1S/C32H23F2OS2/c33-25-11-18-30(19-12-25)37(31-20-13-26(34)14-21-31)29-8-4-7-27(17-22-29)36-28-15-9-24(10-16-28)32(35)23-5-2-1-3-6-23/h1-22,27H/q+1. The van der Waals surface area contributed by atoms with Gasteiger partial charge in [-0.1, -0.05) is 48.6 Å². The lowest BCUT2D eigenvalue weighted by molar-refractivity contribution is 0.103. The summed E-state index contributed by atoms with van der Waals surface area (Å²) in [6.07, 6.45) is 10.5. The lowest BCUT2D eigenvalue weighted by Crippen LogP contribution is -2.06. The van der Waals surface area contributed by atoms with Crippen LogP contribution in [0.2, 0.25) is 0 Å². The monoisotopic (exact) mass is 525 g/mol. The summed E-state index contributed by atoms with van der Waals surface area (Å²) in [4.78, 5) is 16.7. The molecule has 5 heteroatoms. The topological polar surface area (TPSA) is 17.1 Å². The highest BCUT2D eigenvalue weighted by Crippen LogP contribution is 2.34. The van der Waals surface area contributed by atoms with Crippen molar-refractivity contribution in [3.05, 3.63) is 161 Å². The van der Waals surface area contributed by atoms with Crippen LogP contribution in [0.25, 0.3) is 0 Å². The fourth-order valence-electron chi connectivity index (χ4n) is 3.93. The van der Waals surface area contributed by atoms with Gasteiger partial charge in [0.15, 0.2) is 20.5 Å². The Morgan fingerprint density at radius 3 is 1.84 bits per heavy atom. The Kier molecular flexibility index (Phi) is 7.83. The molecular formula is C32H23F2OS2+. The van der Waals surface area contributed by atoms with Crippen molar-refractivity contribution in [2.45, 2.75) is 19.9 Å². The number of benzene rings is 4. The van der Waals surface area contributed by atoms with E-state index < -0.39 is 10.9 Å². The molecule has 4 aromatic carbocycles. The van der Waals surface area contributed by atoms with Crippen LogP contribution in [-0.2, 0) is 10.9 Å². The van der Waals surface area contributed by atoms with Gasteiger partial charge < -0.3 is 0 Å². The van der Waals surface area contributed by atoms with Crippen molar-refractivity contribution in [1.29, 1.82) is 0 Å². The first-order valence-corrected chi connectivity index (χ1v) is 13.9. The van der Waals surface area contributed by atoms with Gasteiger partial charge in [-0.05, 0) is 84.9 Å². The number of allylic oxidation sites excluding steroid dienone is 3. The van der Waals surface area contributed by atoms with E-state index in [1.54, 1.807) is 36.0 Å². The molecule has 0 saturated carbocycles. The number of hydrogen-bond acceptors (Lipinski definition) is 2. The smallest absolute Gasteiger partial charge is 0.193 e. The van der Waals surface area contributed by atoms with Crippen molar-refractivity contribution in [1.82, 2.24) is 0 Å². The van der Waals surface area contributed by atoms with E-state index in [4.69, 9.17) is 0 Å². The Morgan fingerprint density at radius 2 is 1.24 bits per heavy atom. The van der Waals surface area contributed by atoms with Gasteiger partial charge in [0.25, 0.3) is 0 Å². The Balaban J connectivity index is 1.33. The predicted molar refractivity (Wildman–Crippen MR) is 149 cm³/mol.